The zero-order valence-corrected chi connectivity index (χ0v) is 16.9. The molecule has 0 fully saturated rings. The number of aromatic nitrogens is 3. The number of hydrogen-bond acceptors (Lipinski definition) is 6. The van der Waals surface area contributed by atoms with Crippen LogP contribution in [0.4, 0.5) is 14.7 Å². The molecule has 3 aromatic rings. The molecular formula is C17H17ClF2N4O4S. The highest BCUT2D eigenvalue weighted by Gasteiger charge is 2.23. The van der Waals surface area contributed by atoms with Gasteiger partial charge in [0, 0.05) is 22.1 Å². The maximum atomic E-state index is 12.8. The fourth-order valence-corrected chi connectivity index (χ4v) is 3.95. The second kappa shape index (κ2) is 8.37. The van der Waals surface area contributed by atoms with E-state index >= 15 is 0 Å². The van der Waals surface area contributed by atoms with Crippen molar-refractivity contribution in [2.75, 3.05) is 18.4 Å². The van der Waals surface area contributed by atoms with E-state index < -0.39 is 23.1 Å². The molecule has 0 aliphatic heterocycles. The Labute approximate surface area is 170 Å². The average molecular weight is 447 g/mol. The lowest BCUT2D eigenvalue weighted by Crippen LogP contribution is -2.17. The zero-order chi connectivity index (χ0) is 21.2. The number of fused-ring (bicyclic) bond motifs is 1. The van der Waals surface area contributed by atoms with Crippen LogP contribution in [0, 0.1) is 0 Å². The SMILES string of the molecule is CCc1nc(NS(=O)(=O)c2c[nH]c3cc(Cl)ccc23)nc(OC)c1OCC(F)F. The van der Waals surface area contributed by atoms with Gasteiger partial charge in [-0.1, -0.05) is 18.5 Å². The quantitative estimate of drug-likeness (QED) is 0.547. The number of aromatic amines is 1. The maximum Gasteiger partial charge on any atom is 0.272 e. The molecule has 1 aromatic carbocycles. The highest BCUT2D eigenvalue weighted by Crippen LogP contribution is 2.32. The molecule has 156 valence electrons. The molecule has 2 aromatic heterocycles. The lowest BCUT2D eigenvalue weighted by Gasteiger charge is -2.14. The average Bonchev–Trinajstić information content (AvgIpc) is 3.09. The van der Waals surface area contributed by atoms with Gasteiger partial charge in [-0.25, -0.2) is 26.9 Å². The number of sulfonamides is 1. The minimum Gasteiger partial charge on any atom is -0.480 e. The molecule has 2 N–H and O–H groups in total. The Balaban J connectivity index is 1.97. The molecule has 8 nitrogen and oxygen atoms in total. The Morgan fingerprint density at radius 3 is 2.72 bits per heavy atom. The van der Waals surface area contributed by atoms with E-state index in [-0.39, 0.29) is 34.6 Å². The van der Waals surface area contributed by atoms with Crippen LogP contribution in [0.2, 0.25) is 5.02 Å². The van der Waals surface area contributed by atoms with Gasteiger partial charge < -0.3 is 14.5 Å². The summed E-state index contributed by atoms with van der Waals surface area (Å²) in [5.41, 5.74) is 0.766. The lowest BCUT2D eigenvalue weighted by atomic mass is 10.2. The van der Waals surface area contributed by atoms with Gasteiger partial charge in [-0.05, 0) is 24.6 Å². The predicted molar refractivity (Wildman–Crippen MR) is 104 cm³/mol. The van der Waals surface area contributed by atoms with Gasteiger partial charge in [-0.3, -0.25) is 0 Å². The van der Waals surface area contributed by atoms with Crippen LogP contribution in [0.25, 0.3) is 10.9 Å². The number of nitrogens with zero attached hydrogens (tertiary/aromatic N) is 2. The van der Waals surface area contributed by atoms with E-state index in [0.717, 1.165) is 0 Å². The summed E-state index contributed by atoms with van der Waals surface area (Å²) in [5, 5.41) is 0.887. The number of halogens is 3. The minimum atomic E-state index is -4.06. The van der Waals surface area contributed by atoms with Gasteiger partial charge in [0.1, 0.15) is 11.5 Å². The standard InChI is InChI=1S/C17H17ClF2N4O4S/c1-3-11-15(28-8-14(19)20)16(27-2)23-17(22-11)24-29(25,26)13-7-21-12-6-9(18)4-5-10(12)13/h4-7,14,21H,3,8H2,1-2H3,(H,22,23,24). The van der Waals surface area contributed by atoms with Crippen molar-refractivity contribution in [3.63, 3.8) is 0 Å². The number of nitrogens with one attached hydrogen (secondary N) is 2. The molecule has 3 rings (SSSR count). The third-order valence-electron chi connectivity index (χ3n) is 3.91. The molecule has 29 heavy (non-hydrogen) atoms. The van der Waals surface area contributed by atoms with Crippen molar-refractivity contribution < 1.29 is 26.7 Å². The molecule has 0 saturated heterocycles. The number of benzene rings is 1. The highest BCUT2D eigenvalue weighted by molar-refractivity contribution is 7.93. The minimum absolute atomic E-state index is 0.0252. The largest absolute Gasteiger partial charge is 0.480 e. The van der Waals surface area contributed by atoms with Gasteiger partial charge in [0.15, 0.2) is 0 Å². The first-order valence-electron chi connectivity index (χ1n) is 8.40. The van der Waals surface area contributed by atoms with Gasteiger partial charge in [0.2, 0.25) is 11.7 Å². The number of methoxy groups -OCH3 is 1. The first kappa shape index (κ1) is 21.1. The number of rotatable bonds is 8. The molecule has 0 amide bonds. The second-order valence-corrected chi connectivity index (χ2v) is 7.92. The molecule has 0 atom stereocenters. The van der Waals surface area contributed by atoms with Crippen LogP contribution in [-0.2, 0) is 16.4 Å². The molecular weight excluding hydrogens is 430 g/mol. The number of aryl methyl sites for hydroxylation is 1. The van der Waals surface area contributed by atoms with E-state index in [9.17, 15) is 17.2 Å². The first-order chi connectivity index (χ1) is 13.7. The van der Waals surface area contributed by atoms with Crippen LogP contribution in [0.15, 0.2) is 29.3 Å². The molecule has 12 heteroatoms. The van der Waals surface area contributed by atoms with Crippen molar-refractivity contribution in [2.24, 2.45) is 0 Å². The van der Waals surface area contributed by atoms with Crippen molar-refractivity contribution in [3.05, 3.63) is 35.1 Å². The third-order valence-corrected chi connectivity index (χ3v) is 5.51. The molecule has 2 heterocycles. The van der Waals surface area contributed by atoms with Gasteiger partial charge in [-0.2, -0.15) is 4.98 Å². The van der Waals surface area contributed by atoms with Crippen LogP contribution >= 0.6 is 11.6 Å². The van der Waals surface area contributed by atoms with Crippen molar-refractivity contribution in [3.8, 4) is 11.6 Å². The van der Waals surface area contributed by atoms with Crippen molar-refractivity contribution in [1.29, 1.82) is 0 Å². The maximum absolute atomic E-state index is 12.8. The lowest BCUT2D eigenvalue weighted by molar-refractivity contribution is 0.0793. The molecule has 0 saturated carbocycles. The van der Waals surface area contributed by atoms with Gasteiger partial charge in [0.25, 0.3) is 22.3 Å². The van der Waals surface area contributed by atoms with Gasteiger partial charge >= 0.3 is 0 Å². The fraction of sp³-hybridized carbons (Fsp3) is 0.294. The summed E-state index contributed by atoms with van der Waals surface area (Å²) in [6.07, 6.45) is -1.10. The summed E-state index contributed by atoms with van der Waals surface area (Å²) in [6, 6.07) is 4.74. The summed E-state index contributed by atoms with van der Waals surface area (Å²) in [7, 11) is -2.80. The Kier molecular flexibility index (Phi) is 6.08. The highest BCUT2D eigenvalue weighted by atomic mass is 35.5. The molecule has 0 unspecified atom stereocenters. The van der Waals surface area contributed by atoms with E-state index in [2.05, 4.69) is 19.7 Å². The number of ether oxygens (including phenoxy) is 2. The Hall–Kier alpha value is -2.66. The van der Waals surface area contributed by atoms with E-state index in [1.54, 1.807) is 25.1 Å². The summed E-state index contributed by atoms with van der Waals surface area (Å²) in [5.74, 6) is -0.479. The summed E-state index contributed by atoms with van der Waals surface area (Å²) in [6.45, 7) is 0.842. The second-order valence-electron chi connectivity index (χ2n) is 5.84. The predicted octanol–water partition coefficient (Wildman–Crippen LogP) is 3.63. The van der Waals surface area contributed by atoms with Crippen LogP contribution < -0.4 is 14.2 Å². The first-order valence-corrected chi connectivity index (χ1v) is 10.3. The number of H-pyrrole nitrogens is 1. The van der Waals surface area contributed by atoms with Crippen LogP contribution in [0.3, 0.4) is 0 Å². The van der Waals surface area contributed by atoms with Gasteiger partial charge in [0.05, 0.1) is 12.8 Å². The number of anilines is 1. The molecule has 0 aliphatic rings. The fourth-order valence-electron chi connectivity index (χ4n) is 2.66. The molecule has 0 bridgehead atoms. The Bertz CT molecular complexity index is 1110. The topological polar surface area (TPSA) is 106 Å². The molecule has 0 aliphatic carbocycles. The van der Waals surface area contributed by atoms with Crippen LogP contribution in [0.1, 0.15) is 12.6 Å². The third kappa shape index (κ3) is 4.51. The Morgan fingerprint density at radius 1 is 1.31 bits per heavy atom. The molecule has 0 radical (unpaired) electrons. The van der Waals surface area contributed by atoms with E-state index in [0.29, 0.717) is 15.9 Å². The molecule has 0 spiro atoms. The van der Waals surface area contributed by atoms with E-state index in [4.69, 9.17) is 21.1 Å². The van der Waals surface area contributed by atoms with Crippen LogP contribution in [0.5, 0.6) is 11.6 Å². The smallest absolute Gasteiger partial charge is 0.272 e. The van der Waals surface area contributed by atoms with E-state index in [1.165, 1.54) is 13.3 Å². The van der Waals surface area contributed by atoms with Crippen LogP contribution in [-0.4, -0.2) is 43.5 Å². The summed E-state index contributed by atoms with van der Waals surface area (Å²) in [4.78, 5) is 10.8. The number of alkyl halides is 2. The summed E-state index contributed by atoms with van der Waals surface area (Å²) < 4.78 is 63.1. The van der Waals surface area contributed by atoms with Crippen molar-refractivity contribution in [2.45, 2.75) is 24.7 Å². The Morgan fingerprint density at radius 2 is 2.07 bits per heavy atom. The zero-order valence-electron chi connectivity index (χ0n) is 15.4. The van der Waals surface area contributed by atoms with Crippen molar-refractivity contribution >= 4 is 38.5 Å². The van der Waals surface area contributed by atoms with Gasteiger partial charge in [-0.15, -0.1) is 0 Å². The summed E-state index contributed by atoms with van der Waals surface area (Å²) >= 11 is 5.92. The monoisotopic (exact) mass is 446 g/mol. The normalized spacial score (nSPS) is 11.8. The number of hydrogen-bond donors (Lipinski definition) is 2. The van der Waals surface area contributed by atoms with E-state index in [1.807, 2.05) is 0 Å². The van der Waals surface area contributed by atoms with Crippen molar-refractivity contribution in [1.82, 2.24) is 15.0 Å².